The van der Waals surface area contributed by atoms with E-state index in [4.69, 9.17) is 0 Å². The van der Waals surface area contributed by atoms with Crippen molar-refractivity contribution in [2.45, 2.75) is 38.6 Å². The average Bonchev–Trinajstić information content (AvgIpc) is 2.70. The lowest BCUT2D eigenvalue weighted by molar-refractivity contribution is -0.121. The van der Waals surface area contributed by atoms with E-state index < -0.39 is 0 Å². The quantitative estimate of drug-likeness (QED) is 0.776. The number of carbonyl (C=O) groups is 1. The first-order chi connectivity index (χ1) is 13.1. The first kappa shape index (κ1) is 17.5. The SMILES string of the molecule is CCC(=O)NC1CCCc2c(-c3ccc4c(ccc(=O)n4C)c3)cncc21. The molecular weight excluding hydrogens is 338 g/mol. The third-order valence-electron chi connectivity index (χ3n) is 5.48. The van der Waals surface area contributed by atoms with Gasteiger partial charge in [-0.2, -0.15) is 0 Å². The van der Waals surface area contributed by atoms with Crippen LogP contribution in [0, 0.1) is 0 Å². The number of benzene rings is 1. The molecule has 1 unspecified atom stereocenters. The van der Waals surface area contributed by atoms with Crippen LogP contribution in [0.4, 0.5) is 0 Å². The Bertz CT molecular complexity index is 1080. The third kappa shape index (κ3) is 3.14. The summed E-state index contributed by atoms with van der Waals surface area (Å²) < 4.78 is 1.66. The molecule has 0 saturated heterocycles. The molecule has 3 aromatic rings. The maximum absolute atomic E-state index is 11.9. The summed E-state index contributed by atoms with van der Waals surface area (Å²) in [5.74, 6) is 0.0740. The predicted molar refractivity (Wildman–Crippen MR) is 107 cm³/mol. The van der Waals surface area contributed by atoms with E-state index in [0.29, 0.717) is 6.42 Å². The van der Waals surface area contributed by atoms with Gasteiger partial charge in [-0.1, -0.05) is 13.0 Å². The number of aryl methyl sites for hydroxylation is 1. The lowest BCUT2D eigenvalue weighted by atomic mass is 9.84. The molecule has 1 N–H and O–H groups in total. The van der Waals surface area contributed by atoms with E-state index >= 15 is 0 Å². The van der Waals surface area contributed by atoms with Crippen LogP contribution in [0.3, 0.4) is 0 Å². The van der Waals surface area contributed by atoms with Gasteiger partial charge in [-0.05, 0) is 59.5 Å². The molecule has 5 nitrogen and oxygen atoms in total. The summed E-state index contributed by atoms with van der Waals surface area (Å²) in [4.78, 5) is 28.2. The van der Waals surface area contributed by atoms with Gasteiger partial charge in [-0.3, -0.25) is 14.6 Å². The Morgan fingerprint density at radius 3 is 2.93 bits per heavy atom. The molecule has 27 heavy (non-hydrogen) atoms. The van der Waals surface area contributed by atoms with Crippen molar-refractivity contribution >= 4 is 16.8 Å². The standard InChI is InChI=1S/C22H23N3O2/c1-3-21(26)24-19-6-4-5-16-17(12-23-13-18(16)19)14-7-9-20-15(11-14)8-10-22(27)25(20)2/h7-13,19H,3-6H2,1-2H3,(H,24,26). The summed E-state index contributed by atoms with van der Waals surface area (Å²) in [6, 6.07) is 9.66. The van der Waals surface area contributed by atoms with Crippen molar-refractivity contribution in [1.82, 2.24) is 14.9 Å². The summed E-state index contributed by atoms with van der Waals surface area (Å²) in [5.41, 5.74) is 5.50. The van der Waals surface area contributed by atoms with E-state index in [1.807, 2.05) is 37.5 Å². The minimum absolute atomic E-state index is 0.0106. The first-order valence-corrected chi connectivity index (χ1v) is 9.44. The number of hydrogen-bond donors (Lipinski definition) is 1. The Hall–Kier alpha value is -2.95. The van der Waals surface area contributed by atoms with E-state index in [0.717, 1.165) is 46.9 Å². The molecule has 0 spiro atoms. The maximum Gasteiger partial charge on any atom is 0.250 e. The van der Waals surface area contributed by atoms with Crippen LogP contribution in [-0.2, 0) is 18.3 Å². The molecule has 4 rings (SSSR count). The van der Waals surface area contributed by atoms with Crippen LogP contribution in [0.15, 0.2) is 47.5 Å². The molecule has 1 aliphatic carbocycles. The summed E-state index contributed by atoms with van der Waals surface area (Å²) in [7, 11) is 1.79. The predicted octanol–water partition coefficient (Wildman–Crippen LogP) is 3.50. The summed E-state index contributed by atoms with van der Waals surface area (Å²) in [5, 5.41) is 4.16. The van der Waals surface area contributed by atoms with Crippen molar-refractivity contribution in [2.75, 3.05) is 0 Å². The van der Waals surface area contributed by atoms with Crippen LogP contribution in [0.25, 0.3) is 22.0 Å². The zero-order chi connectivity index (χ0) is 19.0. The molecule has 138 valence electrons. The number of nitrogens with zero attached hydrogens (tertiary/aromatic N) is 2. The third-order valence-corrected chi connectivity index (χ3v) is 5.48. The van der Waals surface area contributed by atoms with Crippen molar-refractivity contribution in [2.24, 2.45) is 7.05 Å². The number of aromatic nitrogens is 2. The summed E-state index contributed by atoms with van der Waals surface area (Å²) in [6.07, 6.45) is 7.26. The number of nitrogens with one attached hydrogen (secondary N) is 1. The zero-order valence-corrected chi connectivity index (χ0v) is 15.7. The van der Waals surface area contributed by atoms with Gasteiger partial charge in [0.15, 0.2) is 0 Å². The number of carbonyl (C=O) groups excluding carboxylic acids is 1. The number of fused-ring (bicyclic) bond motifs is 2. The molecule has 1 aromatic carbocycles. The highest BCUT2D eigenvalue weighted by molar-refractivity contribution is 5.85. The van der Waals surface area contributed by atoms with Crippen LogP contribution < -0.4 is 10.9 Å². The Balaban J connectivity index is 1.80. The van der Waals surface area contributed by atoms with Gasteiger partial charge in [0.25, 0.3) is 5.56 Å². The van der Waals surface area contributed by atoms with Crippen molar-refractivity contribution in [3.8, 4) is 11.1 Å². The lowest BCUT2D eigenvalue weighted by Crippen LogP contribution is -2.30. The Morgan fingerprint density at radius 1 is 1.26 bits per heavy atom. The Morgan fingerprint density at radius 2 is 2.11 bits per heavy atom. The second-order valence-corrected chi connectivity index (χ2v) is 7.12. The molecule has 1 amide bonds. The van der Waals surface area contributed by atoms with Gasteiger partial charge in [0.05, 0.1) is 11.6 Å². The summed E-state index contributed by atoms with van der Waals surface area (Å²) in [6.45, 7) is 1.87. The van der Waals surface area contributed by atoms with E-state index in [1.54, 1.807) is 17.7 Å². The van der Waals surface area contributed by atoms with E-state index in [-0.39, 0.29) is 17.5 Å². The molecular formula is C22H23N3O2. The molecule has 0 bridgehead atoms. The fourth-order valence-corrected chi connectivity index (χ4v) is 3.97. The molecule has 1 aliphatic rings. The first-order valence-electron chi connectivity index (χ1n) is 9.44. The van der Waals surface area contributed by atoms with Gasteiger partial charge in [-0.25, -0.2) is 0 Å². The van der Waals surface area contributed by atoms with E-state index in [9.17, 15) is 9.59 Å². The van der Waals surface area contributed by atoms with Crippen molar-refractivity contribution in [1.29, 1.82) is 0 Å². The topological polar surface area (TPSA) is 64.0 Å². The maximum atomic E-state index is 11.9. The zero-order valence-electron chi connectivity index (χ0n) is 15.7. The second kappa shape index (κ2) is 6.99. The highest BCUT2D eigenvalue weighted by Gasteiger charge is 2.24. The Kier molecular flexibility index (Phi) is 4.52. The van der Waals surface area contributed by atoms with Gasteiger partial charge in [0.1, 0.15) is 0 Å². The molecule has 0 saturated carbocycles. The van der Waals surface area contributed by atoms with Crippen LogP contribution in [0.2, 0.25) is 0 Å². The highest BCUT2D eigenvalue weighted by atomic mass is 16.1. The van der Waals surface area contributed by atoms with Crippen LogP contribution in [-0.4, -0.2) is 15.5 Å². The molecule has 0 radical (unpaired) electrons. The van der Waals surface area contributed by atoms with Crippen LogP contribution >= 0.6 is 0 Å². The van der Waals surface area contributed by atoms with Crippen molar-refractivity contribution in [3.05, 3.63) is 64.2 Å². The monoisotopic (exact) mass is 361 g/mol. The van der Waals surface area contributed by atoms with E-state index in [2.05, 4.69) is 16.4 Å². The van der Waals surface area contributed by atoms with Crippen LogP contribution in [0.5, 0.6) is 0 Å². The van der Waals surface area contributed by atoms with Crippen molar-refractivity contribution < 1.29 is 4.79 Å². The minimum Gasteiger partial charge on any atom is -0.349 e. The lowest BCUT2D eigenvalue weighted by Gasteiger charge is -2.27. The fourth-order valence-electron chi connectivity index (χ4n) is 3.97. The van der Waals surface area contributed by atoms with Crippen LogP contribution in [0.1, 0.15) is 43.4 Å². The number of amides is 1. The van der Waals surface area contributed by atoms with Gasteiger partial charge < -0.3 is 9.88 Å². The molecule has 0 fully saturated rings. The molecule has 0 aliphatic heterocycles. The Labute approximate surface area is 158 Å². The summed E-state index contributed by atoms with van der Waals surface area (Å²) >= 11 is 0. The normalized spacial score (nSPS) is 16.1. The van der Waals surface area contributed by atoms with Crippen molar-refractivity contribution in [3.63, 3.8) is 0 Å². The highest BCUT2D eigenvalue weighted by Crippen LogP contribution is 2.36. The average molecular weight is 361 g/mol. The number of pyridine rings is 2. The number of hydrogen-bond acceptors (Lipinski definition) is 3. The largest absolute Gasteiger partial charge is 0.349 e. The molecule has 5 heteroatoms. The van der Waals surface area contributed by atoms with Gasteiger partial charge in [0, 0.05) is 37.5 Å². The second-order valence-electron chi connectivity index (χ2n) is 7.12. The van der Waals surface area contributed by atoms with Gasteiger partial charge in [-0.15, -0.1) is 0 Å². The van der Waals surface area contributed by atoms with Gasteiger partial charge >= 0.3 is 0 Å². The minimum atomic E-state index is -0.0106. The molecule has 2 heterocycles. The smallest absolute Gasteiger partial charge is 0.250 e. The van der Waals surface area contributed by atoms with E-state index in [1.165, 1.54) is 5.56 Å². The fraction of sp³-hybridized carbons (Fsp3) is 0.318. The van der Waals surface area contributed by atoms with Gasteiger partial charge in [0.2, 0.25) is 5.91 Å². The number of rotatable bonds is 3. The molecule has 1 atom stereocenters. The molecule has 2 aromatic heterocycles.